The maximum Gasteiger partial charge on any atom is 0.343 e. The number of aryl methyl sites for hydroxylation is 3. The maximum atomic E-state index is 12.9. The molecule has 0 saturated carbocycles. The highest BCUT2D eigenvalue weighted by Gasteiger charge is 2.25. The van der Waals surface area contributed by atoms with Crippen LogP contribution in [0.15, 0.2) is 35.2 Å². The van der Waals surface area contributed by atoms with Gasteiger partial charge in [-0.1, -0.05) is 12.1 Å². The van der Waals surface area contributed by atoms with E-state index < -0.39 is 10.1 Å². The third-order valence-corrected chi connectivity index (χ3v) is 4.91. The highest BCUT2D eigenvalue weighted by Crippen LogP contribution is 2.34. The van der Waals surface area contributed by atoms with Crippen molar-refractivity contribution in [3.8, 4) is 17.2 Å². The van der Waals surface area contributed by atoms with Crippen molar-refractivity contribution in [3.05, 3.63) is 47.0 Å². The predicted octanol–water partition coefficient (Wildman–Crippen LogP) is 4.18. The molecule has 2 aromatic carbocycles. The van der Waals surface area contributed by atoms with Crippen molar-refractivity contribution in [2.24, 2.45) is 0 Å². The molecule has 0 saturated heterocycles. The zero-order valence-electron chi connectivity index (χ0n) is 15.3. The third-order valence-electron chi connectivity index (χ3n) is 3.65. The normalized spacial score (nSPS) is 11.2. The average Bonchev–Trinajstić information content (AvgIpc) is 2.53. The van der Waals surface area contributed by atoms with Gasteiger partial charge in [-0.2, -0.15) is 8.42 Å². The van der Waals surface area contributed by atoms with Gasteiger partial charge in [0, 0.05) is 6.07 Å². The first-order chi connectivity index (χ1) is 11.8. The molecular weight excluding hydrogens is 340 g/mol. The van der Waals surface area contributed by atoms with Gasteiger partial charge in [-0.05, 0) is 63.4 Å². The molecule has 0 aliphatic rings. The maximum absolute atomic E-state index is 12.9. The summed E-state index contributed by atoms with van der Waals surface area (Å²) in [5, 5.41) is 0. The Balaban J connectivity index is 2.52. The van der Waals surface area contributed by atoms with Crippen molar-refractivity contribution in [3.63, 3.8) is 0 Å². The number of benzene rings is 2. The van der Waals surface area contributed by atoms with Crippen LogP contribution in [0.1, 0.15) is 30.5 Å². The molecule has 0 aliphatic carbocycles. The summed E-state index contributed by atoms with van der Waals surface area (Å²) in [5.41, 5.74) is 2.46. The van der Waals surface area contributed by atoms with Gasteiger partial charge >= 0.3 is 10.1 Å². The molecule has 0 atom stereocenters. The van der Waals surface area contributed by atoms with E-state index in [1.54, 1.807) is 26.0 Å². The first-order valence-corrected chi connectivity index (χ1v) is 9.61. The van der Waals surface area contributed by atoms with Gasteiger partial charge in [0.25, 0.3) is 0 Å². The zero-order chi connectivity index (χ0) is 18.6. The van der Waals surface area contributed by atoms with Crippen LogP contribution in [0.2, 0.25) is 0 Å². The molecule has 136 valence electrons. The molecule has 0 heterocycles. The van der Waals surface area contributed by atoms with E-state index in [-0.39, 0.29) is 10.6 Å². The fourth-order valence-corrected chi connectivity index (χ4v) is 3.50. The lowest BCUT2D eigenvalue weighted by Gasteiger charge is -2.16. The number of hydrogen-bond acceptors (Lipinski definition) is 5. The molecule has 6 heteroatoms. The van der Waals surface area contributed by atoms with Crippen molar-refractivity contribution in [2.45, 2.75) is 39.5 Å². The van der Waals surface area contributed by atoms with E-state index in [4.69, 9.17) is 13.7 Å². The molecule has 5 nitrogen and oxygen atoms in total. The lowest BCUT2D eigenvalue weighted by molar-refractivity contribution is 0.319. The van der Waals surface area contributed by atoms with E-state index in [0.717, 1.165) is 16.7 Å². The summed E-state index contributed by atoms with van der Waals surface area (Å²) in [6.07, 6.45) is 0. The lowest BCUT2D eigenvalue weighted by atomic mass is 10.1. The first kappa shape index (κ1) is 19.1. The van der Waals surface area contributed by atoms with Crippen molar-refractivity contribution < 1.29 is 22.1 Å². The van der Waals surface area contributed by atoms with Gasteiger partial charge in [-0.25, -0.2) is 0 Å². The van der Waals surface area contributed by atoms with Crippen molar-refractivity contribution >= 4 is 10.1 Å². The second kappa shape index (κ2) is 7.78. The summed E-state index contributed by atoms with van der Waals surface area (Å²) in [7, 11) is -4.07. The largest absolute Gasteiger partial charge is 0.494 e. The Morgan fingerprint density at radius 1 is 0.800 bits per heavy atom. The molecule has 0 N–H and O–H groups in total. The molecule has 0 aromatic heterocycles. The van der Waals surface area contributed by atoms with Crippen LogP contribution in [-0.4, -0.2) is 21.6 Å². The second-order valence-corrected chi connectivity index (χ2v) is 7.25. The summed E-state index contributed by atoms with van der Waals surface area (Å²) in [4.78, 5) is -0.0377. The minimum Gasteiger partial charge on any atom is -0.494 e. The predicted molar refractivity (Wildman–Crippen MR) is 97.2 cm³/mol. The van der Waals surface area contributed by atoms with E-state index in [0.29, 0.717) is 24.7 Å². The quantitative estimate of drug-likeness (QED) is 0.690. The van der Waals surface area contributed by atoms with E-state index in [2.05, 4.69) is 0 Å². The molecule has 0 aliphatic heterocycles. The van der Waals surface area contributed by atoms with Gasteiger partial charge in [0.15, 0.2) is 4.90 Å². The first-order valence-electron chi connectivity index (χ1n) is 8.20. The Morgan fingerprint density at radius 2 is 1.44 bits per heavy atom. The van der Waals surface area contributed by atoms with Gasteiger partial charge in [-0.3, -0.25) is 0 Å². The highest BCUT2D eigenvalue weighted by atomic mass is 32.2. The van der Waals surface area contributed by atoms with Gasteiger partial charge < -0.3 is 13.7 Å². The van der Waals surface area contributed by atoms with Crippen LogP contribution < -0.4 is 13.7 Å². The Morgan fingerprint density at radius 3 is 2.08 bits per heavy atom. The summed E-state index contributed by atoms with van der Waals surface area (Å²) in [6.45, 7) is 9.95. The third kappa shape index (κ3) is 4.45. The van der Waals surface area contributed by atoms with Crippen LogP contribution in [0.3, 0.4) is 0 Å². The van der Waals surface area contributed by atoms with E-state index in [9.17, 15) is 8.42 Å². The molecular formula is C19H24O5S. The van der Waals surface area contributed by atoms with Gasteiger partial charge in [-0.15, -0.1) is 0 Å². The topological polar surface area (TPSA) is 61.8 Å². The van der Waals surface area contributed by atoms with Crippen LogP contribution in [-0.2, 0) is 10.1 Å². The number of rotatable bonds is 7. The number of hydrogen-bond donors (Lipinski definition) is 0. The second-order valence-electron chi connectivity index (χ2n) is 5.74. The summed E-state index contributed by atoms with van der Waals surface area (Å²) < 4.78 is 42.2. The fraction of sp³-hybridized carbons (Fsp3) is 0.368. The summed E-state index contributed by atoms with van der Waals surface area (Å²) in [5.74, 6) is 1.06. The molecule has 0 spiro atoms. The van der Waals surface area contributed by atoms with Crippen molar-refractivity contribution in [1.29, 1.82) is 0 Å². The van der Waals surface area contributed by atoms with Gasteiger partial charge in [0.05, 0.1) is 13.2 Å². The standard InChI is InChI=1S/C19H24O5S/c1-6-22-16-12-19(18(23-7-2)11-15(16)5)25(20,21)24-17-10-13(3)8-9-14(17)4/h8-12H,6-7H2,1-5H3. The van der Waals surface area contributed by atoms with E-state index in [1.165, 1.54) is 6.07 Å². The Kier molecular flexibility index (Phi) is 5.95. The monoisotopic (exact) mass is 364 g/mol. The molecule has 0 fully saturated rings. The van der Waals surface area contributed by atoms with Crippen LogP contribution in [0, 0.1) is 20.8 Å². The molecule has 2 aromatic rings. The van der Waals surface area contributed by atoms with Gasteiger partial charge in [0.2, 0.25) is 0 Å². The Labute approximate surface area is 149 Å². The van der Waals surface area contributed by atoms with E-state index >= 15 is 0 Å². The Bertz CT molecular complexity index is 856. The highest BCUT2D eigenvalue weighted by molar-refractivity contribution is 7.87. The number of ether oxygens (including phenoxy) is 2. The molecule has 0 amide bonds. The summed E-state index contributed by atoms with van der Waals surface area (Å²) >= 11 is 0. The molecule has 0 bridgehead atoms. The average molecular weight is 364 g/mol. The Hall–Kier alpha value is -2.21. The van der Waals surface area contributed by atoms with Crippen LogP contribution in [0.25, 0.3) is 0 Å². The fourth-order valence-electron chi connectivity index (χ4n) is 2.38. The van der Waals surface area contributed by atoms with Gasteiger partial charge in [0.1, 0.15) is 17.2 Å². The molecule has 0 radical (unpaired) electrons. The van der Waals surface area contributed by atoms with Crippen LogP contribution in [0.4, 0.5) is 0 Å². The molecule has 25 heavy (non-hydrogen) atoms. The van der Waals surface area contributed by atoms with E-state index in [1.807, 2.05) is 32.9 Å². The SMILES string of the molecule is CCOc1cc(S(=O)(=O)Oc2cc(C)ccc2C)c(OCC)cc1C. The van der Waals surface area contributed by atoms with Crippen molar-refractivity contribution in [2.75, 3.05) is 13.2 Å². The smallest absolute Gasteiger partial charge is 0.343 e. The molecule has 0 unspecified atom stereocenters. The summed E-state index contributed by atoms with van der Waals surface area (Å²) in [6, 6.07) is 8.55. The van der Waals surface area contributed by atoms with Crippen LogP contribution in [0.5, 0.6) is 17.2 Å². The molecule has 2 rings (SSSR count). The zero-order valence-corrected chi connectivity index (χ0v) is 16.1. The van der Waals surface area contributed by atoms with Crippen LogP contribution >= 0.6 is 0 Å². The van der Waals surface area contributed by atoms with Crippen molar-refractivity contribution in [1.82, 2.24) is 0 Å². The lowest BCUT2D eigenvalue weighted by Crippen LogP contribution is -2.13. The minimum atomic E-state index is -4.07. The minimum absolute atomic E-state index is 0.0377.